The first-order valence-corrected chi connectivity index (χ1v) is 3.15. The maximum atomic E-state index is 9.00. The van der Waals surface area contributed by atoms with Crippen LogP contribution < -0.4 is 0 Å². The van der Waals surface area contributed by atoms with Crippen LogP contribution in [0.4, 0.5) is 0 Å². The molecule has 0 saturated heterocycles. The van der Waals surface area contributed by atoms with Crippen LogP contribution in [0.5, 0.6) is 0 Å². The highest BCUT2D eigenvalue weighted by atomic mass is 35.5. The molecule has 0 saturated carbocycles. The quantitative estimate of drug-likeness (QED) is 0.615. The molecular formula is C5H9Cl2O2. The summed E-state index contributed by atoms with van der Waals surface area (Å²) in [5, 5.41) is 7.42. The Labute approximate surface area is 64.8 Å². The molecule has 1 N–H and O–H groups in total. The average molecular weight is 172 g/mol. The number of rotatable bonds is 1. The lowest BCUT2D eigenvalue weighted by Gasteiger charge is -1.84. The third-order valence-corrected chi connectivity index (χ3v) is 0.655. The Kier molecular flexibility index (Phi) is 10.6. The summed E-state index contributed by atoms with van der Waals surface area (Å²) in [6.07, 6.45) is 0.586. The molecule has 2 nitrogen and oxygen atoms in total. The van der Waals surface area contributed by atoms with Gasteiger partial charge in [0.1, 0.15) is 4.84 Å². The van der Waals surface area contributed by atoms with Crippen molar-refractivity contribution in [3.63, 3.8) is 0 Å². The number of hydrogen-bond donors (Lipinski definition) is 1. The van der Waals surface area contributed by atoms with Crippen molar-refractivity contribution in [1.29, 1.82) is 0 Å². The van der Waals surface area contributed by atoms with Gasteiger partial charge in [0.05, 0.1) is 0 Å². The molecule has 55 valence electrons. The number of halogens is 2. The summed E-state index contributed by atoms with van der Waals surface area (Å²) in [5.41, 5.74) is 0. The number of hydrogen-bond acceptors (Lipinski definition) is 1. The van der Waals surface area contributed by atoms with E-state index in [0.29, 0.717) is 6.42 Å². The van der Waals surface area contributed by atoms with E-state index < -0.39 is 5.97 Å². The topological polar surface area (TPSA) is 37.3 Å². The molecule has 4 heteroatoms. The van der Waals surface area contributed by atoms with E-state index in [9.17, 15) is 0 Å². The second-order valence-electron chi connectivity index (χ2n) is 1.20. The summed E-state index contributed by atoms with van der Waals surface area (Å²) in [6.45, 7) is 4.50. The van der Waals surface area contributed by atoms with E-state index in [0.717, 1.165) is 6.92 Å². The zero-order valence-electron chi connectivity index (χ0n) is 5.10. The van der Waals surface area contributed by atoms with E-state index in [-0.39, 0.29) is 4.84 Å². The molecule has 1 radical (unpaired) electrons. The van der Waals surface area contributed by atoms with Crippen LogP contribution in [0.25, 0.3) is 0 Å². The molecular weight excluding hydrogens is 163 g/mol. The Morgan fingerprint density at radius 2 is 1.89 bits per heavy atom. The van der Waals surface area contributed by atoms with E-state index in [1.54, 1.807) is 0 Å². The first-order valence-electron chi connectivity index (χ1n) is 2.27. The van der Waals surface area contributed by atoms with Crippen molar-refractivity contribution in [3.05, 3.63) is 6.92 Å². The maximum absolute atomic E-state index is 9.00. The molecule has 9 heavy (non-hydrogen) atoms. The highest BCUT2D eigenvalue weighted by Crippen LogP contribution is 2.03. The summed E-state index contributed by atoms with van der Waals surface area (Å²) in [4.78, 5) is 8.72. The lowest BCUT2D eigenvalue weighted by Crippen LogP contribution is -1.78. The fourth-order valence-corrected chi connectivity index (χ4v) is 0. The number of carbonyl (C=O) groups is 1. The number of aliphatic carboxylic acids is 1. The van der Waals surface area contributed by atoms with Gasteiger partial charge in [-0.15, -0.1) is 23.2 Å². The SMILES string of the molecule is CC(=O)O.[CH2]CC(Cl)Cl. The normalized spacial score (nSPS) is 8.11. The molecule has 0 unspecified atom stereocenters. The second-order valence-corrected chi connectivity index (χ2v) is 2.48. The van der Waals surface area contributed by atoms with Crippen molar-refractivity contribution in [1.82, 2.24) is 0 Å². The standard InChI is InChI=1S/C3H5Cl2.C2H4O2/c1-2-3(4)5;1-2(3)4/h3H,1-2H2;1H3,(H,3,4). The molecule has 0 aromatic rings. The van der Waals surface area contributed by atoms with Crippen molar-refractivity contribution in [3.8, 4) is 0 Å². The van der Waals surface area contributed by atoms with Gasteiger partial charge in [0.15, 0.2) is 0 Å². The number of carboxylic acids is 1. The maximum Gasteiger partial charge on any atom is 0.300 e. The summed E-state index contributed by atoms with van der Waals surface area (Å²) >= 11 is 10.3. The molecule has 0 aromatic heterocycles. The lowest BCUT2D eigenvalue weighted by atomic mass is 10.6. The van der Waals surface area contributed by atoms with Gasteiger partial charge in [-0.25, -0.2) is 0 Å². The molecule has 0 bridgehead atoms. The summed E-state index contributed by atoms with van der Waals surface area (Å²) in [6, 6.07) is 0. The van der Waals surface area contributed by atoms with Gasteiger partial charge in [-0.1, -0.05) is 6.92 Å². The molecule has 0 atom stereocenters. The van der Waals surface area contributed by atoms with Crippen LogP contribution in [-0.2, 0) is 4.79 Å². The van der Waals surface area contributed by atoms with Crippen LogP contribution >= 0.6 is 23.2 Å². The minimum absolute atomic E-state index is 0.282. The van der Waals surface area contributed by atoms with Crippen molar-refractivity contribution < 1.29 is 9.90 Å². The van der Waals surface area contributed by atoms with Gasteiger partial charge < -0.3 is 5.11 Å². The van der Waals surface area contributed by atoms with Crippen molar-refractivity contribution in [2.45, 2.75) is 18.2 Å². The molecule has 0 spiro atoms. The van der Waals surface area contributed by atoms with E-state index in [4.69, 9.17) is 33.1 Å². The van der Waals surface area contributed by atoms with Gasteiger partial charge in [0, 0.05) is 6.92 Å². The fraction of sp³-hybridized carbons (Fsp3) is 0.600. The zero-order chi connectivity index (χ0) is 7.86. The van der Waals surface area contributed by atoms with Crippen LogP contribution in [-0.4, -0.2) is 15.9 Å². The van der Waals surface area contributed by atoms with Crippen molar-refractivity contribution in [2.75, 3.05) is 0 Å². The van der Waals surface area contributed by atoms with Gasteiger partial charge >= 0.3 is 0 Å². The molecule has 0 rings (SSSR count). The van der Waals surface area contributed by atoms with E-state index >= 15 is 0 Å². The summed E-state index contributed by atoms with van der Waals surface area (Å²) < 4.78 is 0. The Morgan fingerprint density at radius 1 is 1.78 bits per heavy atom. The zero-order valence-corrected chi connectivity index (χ0v) is 6.61. The van der Waals surface area contributed by atoms with Crippen LogP contribution in [0.2, 0.25) is 0 Å². The van der Waals surface area contributed by atoms with Crippen molar-refractivity contribution >= 4 is 29.2 Å². The van der Waals surface area contributed by atoms with Crippen LogP contribution in [0, 0.1) is 6.92 Å². The Morgan fingerprint density at radius 3 is 1.89 bits per heavy atom. The number of alkyl halides is 2. The number of carboxylic acid groups (broad SMARTS) is 1. The fourth-order valence-electron chi connectivity index (χ4n) is 0. The van der Waals surface area contributed by atoms with Gasteiger partial charge in [0.25, 0.3) is 5.97 Å². The minimum atomic E-state index is -0.833. The largest absolute Gasteiger partial charge is 0.481 e. The van der Waals surface area contributed by atoms with Crippen molar-refractivity contribution in [2.24, 2.45) is 0 Å². The predicted octanol–water partition coefficient (Wildman–Crippen LogP) is 2.11. The van der Waals surface area contributed by atoms with Gasteiger partial charge in [-0.2, -0.15) is 0 Å². The third-order valence-electron chi connectivity index (χ3n) is 0.218. The first-order chi connectivity index (χ1) is 4.00. The smallest absolute Gasteiger partial charge is 0.300 e. The van der Waals surface area contributed by atoms with E-state index in [1.807, 2.05) is 0 Å². The molecule has 0 heterocycles. The Balaban J connectivity index is 0. The third kappa shape index (κ3) is 70.1. The lowest BCUT2D eigenvalue weighted by molar-refractivity contribution is -0.134. The average Bonchev–Trinajstić information content (AvgIpc) is 1.65. The molecule has 0 aromatic carbocycles. The van der Waals surface area contributed by atoms with Crippen LogP contribution in [0.1, 0.15) is 13.3 Å². The Bertz CT molecular complexity index is 69.4. The van der Waals surface area contributed by atoms with E-state index in [1.165, 1.54) is 0 Å². The highest BCUT2D eigenvalue weighted by Gasteiger charge is 1.86. The van der Waals surface area contributed by atoms with Gasteiger partial charge in [-0.3, -0.25) is 4.79 Å². The van der Waals surface area contributed by atoms with Crippen LogP contribution in [0.3, 0.4) is 0 Å². The molecule has 0 fully saturated rings. The summed E-state index contributed by atoms with van der Waals surface area (Å²) in [5.74, 6) is -0.833. The molecule has 0 aliphatic rings. The molecule has 0 amide bonds. The second kappa shape index (κ2) is 8.05. The van der Waals surface area contributed by atoms with Crippen LogP contribution in [0.15, 0.2) is 0 Å². The molecule has 0 aliphatic carbocycles. The summed E-state index contributed by atoms with van der Waals surface area (Å²) in [7, 11) is 0. The predicted molar refractivity (Wildman–Crippen MR) is 38.8 cm³/mol. The minimum Gasteiger partial charge on any atom is -0.481 e. The Hall–Kier alpha value is 0.0500. The monoisotopic (exact) mass is 171 g/mol. The molecule has 0 aliphatic heterocycles. The van der Waals surface area contributed by atoms with E-state index in [2.05, 4.69) is 6.92 Å². The van der Waals surface area contributed by atoms with Gasteiger partial charge in [0.2, 0.25) is 0 Å². The first kappa shape index (κ1) is 11.8. The highest BCUT2D eigenvalue weighted by molar-refractivity contribution is 6.44. The van der Waals surface area contributed by atoms with Gasteiger partial charge in [-0.05, 0) is 6.42 Å².